The van der Waals surface area contributed by atoms with E-state index in [0.717, 1.165) is 16.2 Å². The maximum Gasteiger partial charge on any atom is 0.417 e. The molecular formula is C19H21N3O3S. The zero-order valence-electron chi connectivity index (χ0n) is 15.3. The highest BCUT2D eigenvalue weighted by Crippen LogP contribution is 2.32. The Balaban J connectivity index is 1.98. The fourth-order valence-corrected chi connectivity index (χ4v) is 3.40. The number of amides is 2. The third-order valence-corrected chi connectivity index (χ3v) is 4.66. The second kappa shape index (κ2) is 7.07. The number of carbonyl (C=O) groups is 2. The molecule has 136 valence electrons. The number of hydrogen-bond acceptors (Lipinski definition) is 6. The summed E-state index contributed by atoms with van der Waals surface area (Å²) in [5.74, 6) is -0.348. The molecule has 0 saturated carbocycles. The van der Waals surface area contributed by atoms with E-state index in [1.807, 2.05) is 24.5 Å². The number of aromatic nitrogens is 2. The molecule has 3 heterocycles. The second-order valence-electron chi connectivity index (χ2n) is 6.95. The molecule has 2 aromatic heterocycles. The minimum Gasteiger partial charge on any atom is -0.443 e. The van der Waals surface area contributed by atoms with Crippen molar-refractivity contribution in [2.24, 2.45) is 0 Å². The van der Waals surface area contributed by atoms with Gasteiger partial charge in [-0.1, -0.05) is 0 Å². The summed E-state index contributed by atoms with van der Waals surface area (Å²) < 4.78 is 5.36. The zero-order valence-corrected chi connectivity index (χ0v) is 16.1. The van der Waals surface area contributed by atoms with Crippen molar-refractivity contribution in [3.63, 3.8) is 0 Å². The van der Waals surface area contributed by atoms with Gasteiger partial charge < -0.3 is 4.74 Å². The summed E-state index contributed by atoms with van der Waals surface area (Å²) in [4.78, 5) is 36.0. The van der Waals surface area contributed by atoms with Crippen LogP contribution in [0.4, 0.5) is 4.79 Å². The minimum atomic E-state index is -0.649. The smallest absolute Gasteiger partial charge is 0.417 e. The molecule has 0 aliphatic carbocycles. The Labute approximate surface area is 157 Å². The molecule has 0 fully saturated rings. The maximum absolute atomic E-state index is 12.9. The first kappa shape index (κ1) is 18.4. The van der Waals surface area contributed by atoms with E-state index >= 15 is 0 Å². The number of nitrogens with zero attached hydrogens (tertiary/aromatic N) is 3. The molecule has 6 nitrogen and oxygen atoms in total. The molecule has 0 radical (unpaired) electrons. The summed E-state index contributed by atoms with van der Waals surface area (Å²) in [5, 5.41) is 0. The lowest BCUT2D eigenvalue weighted by atomic mass is 10.0. The van der Waals surface area contributed by atoms with E-state index in [9.17, 15) is 9.59 Å². The highest BCUT2D eigenvalue weighted by Gasteiger charge is 2.35. The summed E-state index contributed by atoms with van der Waals surface area (Å²) in [6.45, 7) is 5.61. The fourth-order valence-electron chi connectivity index (χ4n) is 2.76. The molecule has 0 N–H and O–H groups in total. The van der Waals surface area contributed by atoms with Crippen molar-refractivity contribution in [1.82, 2.24) is 14.9 Å². The van der Waals surface area contributed by atoms with Crippen LogP contribution >= 0.6 is 11.8 Å². The van der Waals surface area contributed by atoms with Crippen LogP contribution in [0.1, 0.15) is 36.8 Å². The summed E-state index contributed by atoms with van der Waals surface area (Å²) in [6.07, 6.45) is 5.23. The van der Waals surface area contributed by atoms with Gasteiger partial charge >= 0.3 is 6.09 Å². The van der Waals surface area contributed by atoms with Crippen LogP contribution in [-0.4, -0.2) is 45.3 Å². The van der Waals surface area contributed by atoms with Gasteiger partial charge in [0.2, 0.25) is 0 Å². The first-order valence-corrected chi connectivity index (χ1v) is 9.56. The quantitative estimate of drug-likeness (QED) is 0.748. The van der Waals surface area contributed by atoms with Crippen molar-refractivity contribution >= 4 is 23.8 Å². The van der Waals surface area contributed by atoms with E-state index < -0.39 is 11.7 Å². The van der Waals surface area contributed by atoms with Crippen LogP contribution in [0.2, 0.25) is 0 Å². The lowest BCUT2D eigenvalue weighted by Crippen LogP contribution is -2.45. The Morgan fingerprint density at radius 3 is 2.58 bits per heavy atom. The van der Waals surface area contributed by atoms with Crippen molar-refractivity contribution in [2.45, 2.75) is 37.7 Å². The van der Waals surface area contributed by atoms with Crippen LogP contribution in [0.5, 0.6) is 0 Å². The number of thioether (sulfide) groups is 1. The molecule has 2 amide bonds. The van der Waals surface area contributed by atoms with Gasteiger partial charge in [-0.05, 0) is 45.2 Å². The third-order valence-electron chi connectivity index (χ3n) is 3.90. The fraction of sp³-hybridized carbons (Fsp3) is 0.368. The number of carbonyl (C=O) groups excluding carboxylic acids is 2. The van der Waals surface area contributed by atoms with Gasteiger partial charge in [0, 0.05) is 35.8 Å². The van der Waals surface area contributed by atoms with E-state index in [4.69, 9.17) is 4.74 Å². The Hall–Kier alpha value is -2.41. The monoisotopic (exact) mass is 371 g/mol. The highest BCUT2D eigenvalue weighted by atomic mass is 32.2. The summed E-state index contributed by atoms with van der Waals surface area (Å²) in [5.41, 5.74) is 2.30. The molecule has 0 saturated heterocycles. The van der Waals surface area contributed by atoms with Crippen molar-refractivity contribution in [3.8, 4) is 11.3 Å². The Morgan fingerprint density at radius 2 is 1.96 bits per heavy atom. The van der Waals surface area contributed by atoms with Gasteiger partial charge in [-0.15, -0.1) is 11.8 Å². The van der Waals surface area contributed by atoms with Gasteiger partial charge in [0.25, 0.3) is 5.91 Å². The highest BCUT2D eigenvalue weighted by molar-refractivity contribution is 7.98. The first-order valence-electron chi connectivity index (χ1n) is 8.33. The number of pyridine rings is 2. The number of imide groups is 1. The van der Waals surface area contributed by atoms with Crippen molar-refractivity contribution in [2.75, 3.05) is 12.8 Å². The van der Waals surface area contributed by atoms with Crippen molar-refractivity contribution in [1.29, 1.82) is 0 Å². The van der Waals surface area contributed by atoms with Crippen LogP contribution in [0.15, 0.2) is 35.5 Å². The number of ether oxygens (including phenoxy) is 1. The van der Waals surface area contributed by atoms with Crippen molar-refractivity contribution < 1.29 is 14.3 Å². The van der Waals surface area contributed by atoms with Crippen LogP contribution in [0.3, 0.4) is 0 Å². The maximum atomic E-state index is 12.9. The van der Waals surface area contributed by atoms with Gasteiger partial charge in [0.15, 0.2) is 0 Å². The molecule has 7 heteroatoms. The number of hydrogen-bond donors (Lipinski definition) is 0. The van der Waals surface area contributed by atoms with Gasteiger partial charge in [-0.2, -0.15) is 0 Å². The van der Waals surface area contributed by atoms with Crippen LogP contribution < -0.4 is 0 Å². The molecule has 1 aliphatic rings. The number of rotatable bonds is 2. The lowest BCUT2D eigenvalue weighted by Gasteiger charge is -2.30. The largest absolute Gasteiger partial charge is 0.443 e. The van der Waals surface area contributed by atoms with Gasteiger partial charge in [-0.3, -0.25) is 14.8 Å². The zero-order chi connectivity index (χ0) is 18.9. The molecule has 2 aromatic rings. The molecular weight excluding hydrogens is 350 g/mol. The van der Waals surface area contributed by atoms with E-state index in [0.29, 0.717) is 17.7 Å². The molecule has 0 bridgehead atoms. The summed E-state index contributed by atoms with van der Waals surface area (Å²) in [6, 6.07) is 5.66. The van der Waals surface area contributed by atoms with Crippen LogP contribution in [0, 0.1) is 0 Å². The number of fused-ring (bicyclic) bond motifs is 1. The average Bonchev–Trinajstić information content (AvgIpc) is 2.60. The Kier molecular flexibility index (Phi) is 5.00. The normalized spacial score (nSPS) is 14.2. The first-order chi connectivity index (χ1) is 12.3. The predicted octanol–water partition coefficient (Wildman–Crippen LogP) is 3.80. The molecule has 0 unspecified atom stereocenters. The van der Waals surface area contributed by atoms with Crippen LogP contribution in [0.25, 0.3) is 11.3 Å². The minimum absolute atomic E-state index is 0.265. The molecule has 0 spiro atoms. The van der Waals surface area contributed by atoms with E-state index in [2.05, 4.69) is 9.97 Å². The van der Waals surface area contributed by atoms with Crippen LogP contribution in [-0.2, 0) is 11.2 Å². The Bertz CT molecular complexity index is 830. The summed E-state index contributed by atoms with van der Waals surface area (Å²) >= 11 is 1.47. The molecule has 26 heavy (non-hydrogen) atoms. The van der Waals surface area contributed by atoms with E-state index in [1.54, 1.807) is 33.2 Å². The topological polar surface area (TPSA) is 72.4 Å². The van der Waals surface area contributed by atoms with Crippen molar-refractivity contribution in [3.05, 3.63) is 41.9 Å². The van der Waals surface area contributed by atoms with E-state index in [1.165, 1.54) is 16.7 Å². The molecule has 3 rings (SSSR count). The van der Waals surface area contributed by atoms with Gasteiger partial charge in [-0.25, -0.2) is 9.69 Å². The molecule has 0 aromatic carbocycles. The second-order valence-corrected chi connectivity index (χ2v) is 7.80. The molecule has 0 atom stereocenters. The standard InChI is InChI=1S/C19H21N3O3S/c1-19(2,3)25-18(24)22-10-7-13-16(17(22)23)15(26-4)11-14(21-13)12-5-8-20-9-6-12/h5-6,8-9,11H,7,10H2,1-4H3. The SMILES string of the molecule is CSc1cc(-c2ccncc2)nc2c1C(=O)N(C(=O)OC(C)(C)C)CC2. The predicted molar refractivity (Wildman–Crippen MR) is 100 cm³/mol. The van der Waals surface area contributed by atoms with E-state index in [-0.39, 0.29) is 12.5 Å². The third kappa shape index (κ3) is 3.72. The lowest BCUT2D eigenvalue weighted by molar-refractivity contribution is 0.0231. The Morgan fingerprint density at radius 1 is 1.27 bits per heavy atom. The average molecular weight is 371 g/mol. The van der Waals surface area contributed by atoms with Gasteiger partial charge in [0.05, 0.1) is 17.0 Å². The van der Waals surface area contributed by atoms with Gasteiger partial charge in [0.1, 0.15) is 5.60 Å². The summed E-state index contributed by atoms with van der Waals surface area (Å²) in [7, 11) is 0. The molecule has 1 aliphatic heterocycles.